The maximum Gasteiger partial charge on any atom is 0.416 e. The number of rotatable bonds is 6. The van der Waals surface area contributed by atoms with Gasteiger partial charge in [-0.1, -0.05) is 24.6 Å². The van der Waals surface area contributed by atoms with Crippen molar-refractivity contribution in [2.24, 2.45) is 0 Å². The van der Waals surface area contributed by atoms with Crippen LogP contribution < -0.4 is 10.2 Å². The number of nitrogens with zero attached hydrogens (tertiary/aromatic N) is 1. The van der Waals surface area contributed by atoms with Crippen molar-refractivity contribution in [3.05, 3.63) is 70.4 Å². The van der Waals surface area contributed by atoms with Crippen molar-refractivity contribution < 1.29 is 32.3 Å². The van der Waals surface area contributed by atoms with Gasteiger partial charge in [-0.05, 0) is 48.9 Å². The highest BCUT2D eigenvalue weighted by molar-refractivity contribution is 6.53. The molecule has 31 heavy (non-hydrogen) atoms. The number of nitrogens with one attached hydrogen (secondary N) is 1. The molecular weight excluding hydrogens is 437 g/mol. The minimum absolute atomic E-state index is 0.256. The lowest BCUT2D eigenvalue weighted by molar-refractivity contribution is -0.137. The van der Waals surface area contributed by atoms with E-state index < -0.39 is 34.6 Å². The van der Waals surface area contributed by atoms with E-state index in [0.717, 1.165) is 12.1 Å². The summed E-state index contributed by atoms with van der Waals surface area (Å²) < 4.78 is 44.0. The molecule has 6 nitrogen and oxygen atoms in total. The molecule has 0 saturated carbocycles. The molecule has 0 fully saturated rings. The molecular formula is C21H16ClF3N2O4. The fraction of sp³-hybridized carbons (Fsp3) is 0.190. The van der Waals surface area contributed by atoms with E-state index in [1.54, 1.807) is 0 Å². The summed E-state index contributed by atoms with van der Waals surface area (Å²) in [6.07, 6.45) is -3.96. The Morgan fingerprint density at radius 3 is 2.39 bits per heavy atom. The van der Waals surface area contributed by atoms with Crippen LogP contribution in [0.15, 0.2) is 59.3 Å². The zero-order valence-corrected chi connectivity index (χ0v) is 16.9. The van der Waals surface area contributed by atoms with E-state index >= 15 is 0 Å². The van der Waals surface area contributed by atoms with E-state index in [1.165, 1.54) is 30.3 Å². The summed E-state index contributed by atoms with van der Waals surface area (Å²) >= 11 is 6.00. The number of alkyl halides is 3. The van der Waals surface area contributed by atoms with Gasteiger partial charge in [0.1, 0.15) is 10.7 Å². The zero-order chi connectivity index (χ0) is 22.8. The number of esters is 1. The summed E-state index contributed by atoms with van der Waals surface area (Å²) in [7, 11) is 0. The molecule has 0 aromatic heterocycles. The predicted molar refractivity (Wildman–Crippen MR) is 107 cm³/mol. The molecule has 3 rings (SSSR count). The molecule has 1 heterocycles. The second-order valence-electron chi connectivity index (χ2n) is 6.52. The molecule has 0 bridgehead atoms. The second kappa shape index (κ2) is 8.81. The maximum atomic E-state index is 13.0. The average Bonchev–Trinajstić information content (AvgIpc) is 2.95. The summed E-state index contributed by atoms with van der Waals surface area (Å²) in [5.41, 5.74) is -0.918. The number of hydrogen-bond donors (Lipinski definition) is 1. The number of anilines is 2. The lowest BCUT2D eigenvalue weighted by Crippen LogP contribution is -2.32. The molecule has 1 aliphatic rings. The highest BCUT2D eigenvalue weighted by atomic mass is 35.5. The summed E-state index contributed by atoms with van der Waals surface area (Å²) in [6.45, 7) is 2.14. The Hall–Kier alpha value is -3.33. The Bertz CT molecular complexity index is 1070. The van der Waals surface area contributed by atoms with Gasteiger partial charge >= 0.3 is 12.1 Å². The maximum absolute atomic E-state index is 13.0. The van der Waals surface area contributed by atoms with Crippen LogP contribution in [0.5, 0.6) is 0 Å². The minimum Gasteiger partial charge on any atom is -0.462 e. The third kappa shape index (κ3) is 4.72. The van der Waals surface area contributed by atoms with Gasteiger partial charge in [0.05, 0.1) is 23.4 Å². The van der Waals surface area contributed by atoms with Crippen LogP contribution in [0.4, 0.5) is 24.5 Å². The van der Waals surface area contributed by atoms with Gasteiger partial charge in [0.2, 0.25) is 0 Å². The highest BCUT2D eigenvalue weighted by Gasteiger charge is 2.40. The molecule has 0 radical (unpaired) electrons. The summed E-state index contributed by atoms with van der Waals surface area (Å²) in [6, 6.07) is 9.69. The molecule has 0 unspecified atom stereocenters. The standard InChI is InChI=1S/C21H16ClF3N2O4/c1-2-10-31-20(30)12-6-8-14(9-7-12)26-17-16(22)18(28)27(19(17)29)15-5-3-4-13(11-15)21(23,24)25/h3-9,11,26H,2,10H2,1H3. The van der Waals surface area contributed by atoms with Crippen molar-refractivity contribution in [1.82, 2.24) is 0 Å². The van der Waals surface area contributed by atoms with E-state index in [9.17, 15) is 27.6 Å². The van der Waals surface area contributed by atoms with Crippen LogP contribution in [-0.2, 0) is 20.5 Å². The first-order chi connectivity index (χ1) is 14.6. The Morgan fingerprint density at radius 1 is 1.10 bits per heavy atom. The highest BCUT2D eigenvalue weighted by Crippen LogP contribution is 2.35. The van der Waals surface area contributed by atoms with Crippen molar-refractivity contribution in [2.75, 3.05) is 16.8 Å². The number of amides is 2. The minimum atomic E-state index is -4.64. The smallest absolute Gasteiger partial charge is 0.416 e. The Kier molecular flexibility index (Phi) is 6.35. The Morgan fingerprint density at radius 2 is 1.77 bits per heavy atom. The topological polar surface area (TPSA) is 75.7 Å². The van der Waals surface area contributed by atoms with Crippen molar-refractivity contribution in [1.29, 1.82) is 0 Å². The van der Waals surface area contributed by atoms with Crippen LogP contribution in [-0.4, -0.2) is 24.4 Å². The van der Waals surface area contributed by atoms with E-state index in [-0.39, 0.29) is 18.0 Å². The molecule has 2 aromatic rings. The van der Waals surface area contributed by atoms with Gasteiger partial charge < -0.3 is 10.1 Å². The summed E-state index contributed by atoms with van der Waals surface area (Å²) in [5, 5.41) is 2.22. The van der Waals surface area contributed by atoms with Crippen LogP contribution >= 0.6 is 11.6 Å². The van der Waals surface area contributed by atoms with Crippen molar-refractivity contribution in [3.63, 3.8) is 0 Å². The van der Waals surface area contributed by atoms with Crippen molar-refractivity contribution in [2.45, 2.75) is 19.5 Å². The normalized spacial score (nSPS) is 14.3. The molecule has 10 heteroatoms. The van der Waals surface area contributed by atoms with Gasteiger partial charge in [0.15, 0.2) is 0 Å². The molecule has 1 aliphatic heterocycles. The number of hydrogen-bond acceptors (Lipinski definition) is 5. The molecule has 1 N–H and O–H groups in total. The lowest BCUT2D eigenvalue weighted by Gasteiger charge is -2.17. The molecule has 0 aliphatic carbocycles. The lowest BCUT2D eigenvalue weighted by atomic mass is 10.2. The average molecular weight is 453 g/mol. The van der Waals surface area contributed by atoms with E-state index in [2.05, 4.69) is 5.32 Å². The Balaban J connectivity index is 1.80. The van der Waals surface area contributed by atoms with E-state index in [0.29, 0.717) is 28.6 Å². The Labute approximate surface area is 180 Å². The molecule has 0 saturated heterocycles. The molecule has 2 amide bonds. The van der Waals surface area contributed by atoms with Crippen LogP contribution in [0.3, 0.4) is 0 Å². The fourth-order valence-electron chi connectivity index (χ4n) is 2.78. The first kappa shape index (κ1) is 22.4. The summed E-state index contributed by atoms with van der Waals surface area (Å²) in [4.78, 5) is 37.6. The number of benzene rings is 2. The van der Waals surface area contributed by atoms with Crippen LogP contribution in [0, 0.1) is 0 Å². The van der Waals surface area contributed by atoms with Gasteiger partial charge in [-0.25, -0.2) is 9.69 Å². The quantitative estimate of drug-likeness (QED) is 0.507. The summed E-state index contributed by atoms with van der Waals surface area (Å²) in [5.74, 6) is -2.36. The number of imide groups is 1. The van der Waals surface area contributed by atoms with Crippen molar-refractivity contribution >= 4 is 40.8 Å². The van der Waals surface area contributed by atoms with Gasteiger partial charge in [0.25, 0.3) is 11.8 Å². The predicted octanol–water partition coefficient (Wildman–Crippen LogP) is 4.71. The van der Waals surface area contributed by atoms with Gasteiger partial charge in [-0.3, -0.25) is 9.59 Å². The molecule has 2 aromatic carbocycles. The van der Waals surface area contributed by atoms with E-state index in [1.807, 2.05) is 6.92 Å². The van der Waals surface area contributed by atoms with Crippen LogP contribution in [0.25, 0.3) is 0 Å². The second-order valence-corrected chi connectivity index (χ2v) is 6.90. The van der Waals surface area contributed by atoms with Crippen LogP contribution in [0.1, 0.15) is 29.3 Å². The third-order valence-electron chi connectivity index (χ3n) is 4.29. The molecule has 0 atom stereocenters. The van der Waals surface area contributed by atoms with Gasteiger partial charge in [-0.15, -0.1) is 0 Å². The number of ether oxygens (including phenoxy) is 1. The molecule has 0 spiro atoms. The van der Waals surface area contributed by atoms with Gasteiger partial charge in [-0.2, -0.15) is 13.2 Å². The largest absolute Gasteiger partial charge is 0.462 e. The number of halogens is 4. The van der Waals surface area contributed by atoms with Crippen LogP contribution in [0.2, 0.25) is 0 Å². The first-order valence-corrected chi connectivity index (χ1v) is 9.51. The first-order valence-electron chi connectivity index (χ1n) is 9.13. The zero-order valence-electron chi connectivity index (χ0n) is 16.1. The molecule has 162 valence electrons. The van der Waals surface area contributed by atoms with Crippen molar-refractivity contribution in [3.8, 4) is 0 Å². The van der Waals surface area contributed by atoms with Gasteiger partial charge in [0, 0.05) is 5.69 Å². The fourth-order valence-corrected chi connectivity index (χ4v) is 2.99. The monoisotopic (exact) mass is 452 g/mol. The number of carbonyl (C=O) groups is 3. The third-order valence-corrected chi connectivity index (χ3v) is 4.64. The van der Waals surface area contributed by atoms with E-state index in [4.69, 9.17) is 16.3 Å². The number of carbonyl (C=O) groups excluding carboxylic acids is 3. The SMILES string of the molecule is CCCOC(=O)c1ccc(NC2=C(Cl)C(=O)N(c3cccc(C(F)(F)F)c3)C2=O)cc1.